The molecule has 2 N–H and O–H groups in total. The van der Waals surface area contributed by atoms with Crippen molar-refractivity contribution in [2.75, 3.05) is 25.6 Å². The minimum Gasteiger partial charge on any atom is -0.486 e. The number of esters is 1. The number of rotatable bonds is 9. The first-order valence-corrected chi connectivity index (χ1v) is 13.7. The second kappa shape index (κ2) is 12.7. The topological polar surface area (TPSA) is 130 Å². The summed E-state index contributed by atoms with van der Waals surface area (Å²) < 4.78 is 48.8. The highest BCUT2D eigenvalue weighted by atomic mass is 19.1. The zero-order chi connectivity index (χ0) is 31.6. The van der Waals surface area contributed by atoms with Crippen LogP contribution in [-0.4, -0.2) is 53.4 Å². The number of carbonyl (C=O) groups excluding carboxylic acids is 2. The molecule has 4 rings (SSSR count). The van der Waals surface area contributed by atoms with E-state index in [0.717, 1.165) is 23.8 Å². The van der Waals surface area contributed by atoms with Gasteiger partial charge in [0.2, 0.25) is 0 Å². The maximum atomic E-state index is 14.9. The number of aromatic nitrogens is 2. The van der Waals surface area contributed by atoms with Crippen molar-refractivity contribution in [3.05, 3.63) is 73.6 Å². The molecule has 11 nitrogen and oxygen atoms in total. The molecule has 1 aromatic heterocycles. The Balaban J connectivity index is 1.70. The van der Waals surface area contributed by atoms with Crippen LogP contribution in [-0.2, 0) is 30.0 Å². The molecule has 0 unspecified atom stereocenters. The molecule has 13 heteroatoms. The molecule has 1 amide bonds. The highest BCUT2D eigenvalue weighted by Gasteiger charge is 2.31. The van der Waals surface area contributed by atoms with Crippen molar-refractivity contribution in [3.8, 4) is 22.6 Å². The number of hydrogen-bond donors (Lipinski definition) is 2. The van der Waals surface area contributed by atoms with Crippen LogP contribution in [0.2, 0.25) is 0 Å². The van der Waals surface area contributed by atoms with Gasteiger partial charge in [0.1, 0.15) is 36.5 Å². The predicted octanol–water partition coefficient (Wildman–Crippen LogP) is 2.83. The fraction of sp³-hybridized carbons (Fsp3) is 0.400. The van der Waals surface area contributed by atoms with Gasteiger partial charge >= 0.3 is 11.7 Å². The predicted molar refractivity (Wildman–Crippen MR) is 155 cm³/mol. The monoisotopic (exact) mass is 600 g/mol. The number of nitrogens with one attached hydrogen (secondary N) is 2. The molecule has 0 saturated heterocycles. The molecule has 2 heterocycles. The first-order valence-electron chi connectivity index (χ1n) is 13.7. The van der Waals surface area contributed by atoms with Gasteiger partial charge in [-0.2, -0.15) is 0 Å². The number of ether oxygens (including phenoxy) is 3. The lowest BCUT2D eigenvalue weighted by atomic mass is 9.97. The summed E-state index contributed by atoms with van der Waals surface area (Å²) in [6, 6.07) is 3.81. The van der Waals surface area contributed by atoms with Gasteiger partial charge in [-0.05, 0) is 38.5 Å². The van der Waals surface area contributed by atoms with Crippen molar-refractivity contribution in [1.82, 2.24) is 14.5 Å². The Morgan fingerprint density at radius 1 is 1.05 bits per heavy atom. The number of fused-ring (bicyclic) bond motifs is 1. The summed E-state index contributed by atoms with van der Waals surface area (Å²) in [6.07, 6.45) is 0.526. The van der Waals surface area contributed by atoms with E-state index in [1.54, 1.807) is 26.1 Å². The van der Waals surface area contributed by atoms with Gasteiger partial charge in [0.25, 0.3) is 11.5 Å². The highest BCUT2D eigenvalue weighted by Crippen LogP contribution is 2.42. The lowest BCUT2D eigenvalue weighted by Crippen LogP contribution is -2.43. The summed E-state index contributed by atoms with van der Waals surface area (Å²) in [5.41, 5.74) is -0.263. The number of amides is 1. The lowest BCUT2D eigenvalue weighted by molar-refractivity contribution is -0.142. The van der Waals surface area contributed by atoms with Crippen LogP contribution in [0, 0.1) is 18.6 Å². The van der Waals surface area contributed by atoms with Crippen LogP contribution in [0.25, 0.3) is 11.1 Å². The second-order valence-electron chi connectivity index (χ2n) is 10.3. The average molecular weight is 601 g/mol. The van der Waals surface area contributed by atoms with Crippen molar-refractivity contribution < 1.29 is 32.6 Å². The molecule has 1 aliphatic rings. The molecule has 2 atom stereocenters. The van der Waals surface area contributed by atoms with Crippen molar-refractivity contribution in [3.63, 3.8) is 0 Å². The van der Waals surface area contributed by atoms with E-state index < -0.39 is 46.4 Å². The van der Waals surface area contributed by atoms with E-state index in [4.69, 9.17) is 14.2 Å². The van der Waals surface area contributed by atoms with Crippen molar-refractivity contribution in [2.24, 2.45) is 14.1 Å². The number of nitrogens with zero attached hydrogens (tertiary/aromatic N) is 2. The molecule has 0 bridgehead atoms. The smallest absolute Gasteiger partial charge is 0.330 e. The highest BCUT2D eigenvalue weighted by molar-refractivity contribution is 5.97. The Labute approximate surface area is 246 Å². The van der Waals surface area contributed by atoms with Gasteiger partial charge in [0, 0.05) is 49.1 Å². The molecule has 0 radical (unpaired) electrons. The summed E-state index contributed by atoms with van der Waals surface area (Å²) in [7, 11) is 4.04. The molecule has 1 aliphatic heterocycles. The number of methoxy groups -OCH3 is 1. The number of benzene rings is 2. The van der Waals surface area contributed by atoms with Gasteiger partial charge in [-0.25, -0.2) is 18.4 Å². The third-order valence-electron chi connectivity index (χ3n) is 7.51. The Hall–Kier alpha value is -4.68. The van der Waals surface area contributed by atoms with E-state index in [1.807, 2.05) is 13.8 Å². The maximum Gasteiger partial charge on any atom is 0.330 e. The summed E-state index contributed by atoms with van der Waals surface area (Å²) >= 11 is 0. The van der Waals surface area contributed by atoms with Crippen LogP contribution in [0.15, 0.2) is 33.9 Å². The van der Waals surface area contributed by atoms with Crippen LogP contribution in [0.4, 0.5) is 14.5 Å². The van der Waals surface area contributed by atoms with Crippen LogP contribution in [0.3, 0.4) is 0 Å². The SMILES string of the molecule is CC[C@H](C)Nc1cc(F)c(C(=O)N[C@@H](Cc2ccc(-c3c(C)n(C)c(=O)n(C)c3=O)c3c2OCCO3)C(=O)OC)c(F)c1. The van der Waals surface area contributed by atoms with Gasteiger partial charge < -0.3 is 29.4 Å². The van der Waals surface area contributed by atoms with Gasteiger partial charge in [-0.1, -0.05) is 13.0 Å². The summed E-state index contributed by atoms with van der Waals surface area (Å²) in [4.78, 5) is 51.3. The Morgan fingerprint density at radius 2 is 1.67 bits per heavy atom. The Kier molecular flexibility index (Phi) is 9.22. The third kappa shape index (κ3) is 6.11. The zero-order valence-electron chi connectivity index (χ0n) is 24.8. The first-order chi connectivity index (χ1) is 20.4. The molecule has 3 aromatic rings. The van der Waals surface area contributed by atoms with Crippen LogP contribution in [0.1, 0.15) is 41.9 Å². The third-order valence-corrected chi connectivity index (χ3v) is 7.51. The van der Waals surface area contributed by atoms with Crippen molar-refractivity contribution in [2.45, 2.75) is 45.7 Å². The van der Waals surface area contributed by atoms with Gasteiger partial charge in [-0.15, -0.1) is 0 Å². The largest absolute Gasteiger partial charge is 0.486 e. The number of carbonyl (C=O) groups is 2. The van der Waals surface area contributed by atoms with Gasteiger partial charge in [-0.3, -0.25) is 14.2 Å². The second-order valence-corrected chi connectivity index (χ2v) is 10.3. The number of hydrogen-bond acceptors (Lipinski definition) is 8. The molecule has 43 heavy (non-hydrogen) atoms. The standard InChI is InChI=1S/C30H34F2N4O7/c1-7-15(2)33-18-13-20(31)24(21(32)14-18)27(37)34-22(29(39)41-6)12-17-8-9-19(26-25(17)42-10-11-43-26)23-16(3)35(4)30(40)36(5)28(23)38/h8-9,13-15,22,33H,7,10-12H2,1-6H3,(H,34,37)/t15-,22-/m0/s1. The van der Waals surface area contributed by atoms with Crippen LogP contribution in [0.5, 0.6) is 11.5 Å². The molecule has 2 aromatic carbocycles. The molecular formula is C30H34F2N4O7. The summed E-state index contributed by atoms with van der Waals surface area (Å²) in [5, 5.41) is 5.33. The lowest BCUT2D eigenvalue weighted by Gasteiger charge is -2.26. The van der Waals surface area contributed by atoms with E-state index >= 15 is 0 Å². The van der Waals surface area contributed by atoms with E-state index in [0.29, 0.717) is 23.2 Å². The minimum absolute atomic E-state index is 0.0496. The maximum absolute atomic E-state index is 14.9. The van der Waals surface area contributed by atoms with E-state index in [2.05, 4.69) is 10.6 Å². The zero-order valence-corrected chi connectivity index (χ0v) is 24.8. The Bertz CT molecular complexity index is 1680. The number of halogens is 2. The quantitative estimate of drug-likeness (QED) is 0.359. The normalized spacial score (nSPS) is 13.7. The number of anilines is 1. The molecule has 0 aliphatic carbocycles. The van der Waals surface area contributed by atoms with Crippen LogP contribution < -0.4 is 31.4 Å². The Morgan fingerprint density at radius 3 is 2.28 bits per heavy atom. The molecule has 0 saturated carbocycles. The average Bonchev–Trinajstić information content (AvgIpc) is 2.98. The molecule has 0 spiro atoms. The van der Waals surface area contributed by atoms with E-state index in [1.165, 1.54) is 11.6 Å². The minimum atomic E-state index is -1.36. The van der Waals surface area contributed by atoms with Crippen molar-refractivity contribution in [1.29, 1.82) is 0 Å². The first kappa shape index (κ1) is 31.3. The summed E-state index contributed by atoms with van der Waals surface area (Å²) in [6.45, 7) is 5.73. The van der Waals surface area contributed by atoms with Gasteiger partial charge in [0.15, 0.2) is 11.5 Å². The van der Waals surface area contributed by atoms with Gasteiger partial charge in [0.05, 0.1) is 12.7 Å². The van der Waals surface area contributed by atoms with E-state index in [-0.39, 0.29) is 48.4 Å². The molecule has 0 fully saturated rings. The molecular weight excluding hydrogens is 566 g/mol. The summed E-state index contributed by atoms with van der Waals surface area (Å²) in [5.74, 6) is -3.76. The van der Waals surface area contributed by atoms with E-state index in [9.17, 15) is 28.0 Å². The van der Waals surface area contributed by atoms with Crippen molar-refractivity contribution >= 4 is 17.6 Å². The molecule has 230 valence electrons. The fourth-order valence-electron chi connectivity index (χ4n) is 4.85. The van der Waals surface area contributed by atoms with Crippen LogP contribution >= 0.6 is 0 Å². The fourth-order valence-corrected chi connectivity index (χ4v) is 4.85.